The molecule has 0 bridgehead atoms. The summed E-state index contributed by atoms with van der Waals surface area (Å²) in [5, 5.41) is 9.83. The van der Waals surface area contributed by atoms with Crippen LogP contribution in [0.3, 0.4) is 0 Å². The summed E-state index contributed by atoms with van der Waals surface area (Å²) in [7, 11) is 0. The fourth-order valence-electron chi connectivity index (χ4n) is 3.26. The summed E-state index contributed by atoms with van der Waals surface area (Å²) in [6.45, 7) is 6.31. The van der Waals surface area contributed by atoms with E-state index in [2.05, 4.69) is 18.7 Å². The number of aromatic nitrogens is 2. The summed E-state index contributed by atoms with van der Waals surface area (Å²) in [6, 6.07) is 7.38. The number of phenolic OH excluding ortho intramolecular Hbond substituents is 1. The van der Waals surface area contributed by atoms with Gasteiger partial charge in [0.25, 0.3) is 0 Å². The Labute approximate surface area is 138 Å². The molecule has 1 saturated heterocycles. The first-order chi connectivity index (χ1) is 11.2. The van der Waals surface area contributed by atoms with Crippen LogP contribution in [0.15, 0.2) is 24.3 Å². The first-order valence-electron chi connectivity index (χ1n) is 8.61. The van der Waals surface area contributed by atoms with Gasteiger partial charge >= 0.3 is 0 Å². The van der Waals surface area contributed by atoms with Crippen molar-refractivity contribution in [2.75, 3.05) is 18.0 Å². The number of piperidine rings is 1. The Hall–Kier alpha value is -2.10. The van der Waals surface area contributed by atoms with Crippen molar-refractivity contribution in [3.05, 3.63) is 35.5 Å². The lowest BCUT2D eigenvalue weighted by molar-refractivity contribution is 0.475. The van der Waals surface area contributed by atoms with Gasteiger partial charge in [-0.3, -0.25) is 0 Å². The van der Waals surface area contributed by atoms with E-state index in [1.807, 2.05) is 12.1 Å². The molecular weight excluding hydrogens is 286 g/mol. The first kappa shape index (κ1) is 15.8. The average molecular weight is 311 g/mol. The van der Waals surface area contributed by atoms with E-state index in [4.69, 9.17) is 9.97 Å². The number of aromatic hydroxyl groups is 1. The van der Waals surface area contributed by atoms with Crippen LogP contribution in [0.1, 0.15) is 43.9 Å². The van der Waals surface area contributed by atoms with Gasteiger partial charge in [0.2, 0.25) is 5.95 Å². The molecule has 1 aromatic heterocycles. The molecule has 1 aliphatic heterocycles. The van der Waals surface area contributed by atoms with Gasteiger partial charge in [0.15, 0.2) is 0 Å². The molecule has 0 atom stereocenters. The van der Waals surface area contributed by atoms with Crippen LogP contribution >= 0.6 is 0 Å². The molecule has 3 rings (SSSR count). The molecule has 122 valence electrons. The third kappa shape index (κ3) is 3.46. The molecule has 1 aromatic carbocycles. The zero-order valence-corrected chi connectivity index (χ0v) is 14.0. The molecule has 4 nitrogen and oxygen atoms in total. The van der Waals surface area contributed by atoms with Crippen LogP contribution in [0.4, 0.5) is 5.95 Å². The fourth-order valence-corrected chi connectivity index (χ4v) is 3.26. The molecule has 0 aliphatic carbocycles. The lowest BCUT2D eigenvalue weighted by atomic mass is 10.0. The standard InChI is InChI=1S/C19H25N3O/c1-3-8-17-14(2)20-19(22-11-5-4-6-12-22)21-18(17)15-9-7-10-16(23)13-15/h7,9-10,13,23H,3-6,8,11-12H2,1-2H3. The van der Waals surface area contributed by atoms with E-state index in [-0.39, 0.29) is 5.75 Å². The molecular formula is C19H25N3O. The van der Waals surface area contributed by atoms with Crippen LogP contribution < -0.4 is 4.90 Å². The highest BCUT2D eigenvalue weighted by Gasteiger charge is 2.18. The smallest absolute Gasteiger partial charge is 0.226 e. The fraction of sp³-hybridized carbons (Fsp3) is 0.474. The van der Waals surface area contributed by atoms with Crippen LogP contribution in [-0.2, 0) is 6.42 Å². The van der Waals surface area contributed by atoms with E-state index >= 15 is 0 Å². The maximum Gasteiger partial charge on any atom is 0.226 e. The molecule has 0 unspecified atom stereocenters. The van der Waals surface area contributed by atoms with Crippen molar-refractivity contribution in [3.63, 3.8) is 0 Å². The van der Waals surface area contributed by atoms with Gasteiger partial charge < -0.3 is 10.0 Å². The topological polar surface area (TPSA) is 49.2 Å². The minimum atomic E-state index is 0.278. The predicted octanol–water partition coefficient (Wildman–Crippen LogP) is 4.10. The van der Waals surface area contributed by atoms with E-state index in [0.29, 0.717) is 0 Å². The number of anilines is 1. The van der Waals surface area contributed by atoms with Gasteiger partial charge in [-0.15, -0.1) is 0 Å². The van der Waals surface area contributed by atoms with E-state index < -0.39 is 0 Å². The molecule has 1 N–H and O–H groups in total. The number of rotatable bonds is 4. The largest absolute Gasteiger partial charge is 0.508 e. The number of aryl methyl sites for hydroxylation is 1. The van der Waals surface area contributed by atoms with Crippen LogP contribution in [-0.4, -0.2) is 28.2 Å². The molecule has 2 aromatic rings. The maximum absolute atomic E-state index is 9.83. The number of nitrogens with zero attached hydrogens (tertiary/aromatic N) is 3. The molecule has 0 saturated carbocycles. The minimum absolute atomic E-state index is 0.278. The number of hydrogen-bond donors (Lipinski definition) is 1. The Bertz CT molecular complexity index is 678. The highest BCUT2D eigenvalue weighted by molar-refractivity contribution is 5.67. The van der Waals surface area contributed by atoms with Gasteiger partial charge in [-0.25, -0.2) is 9.97 Å². The number of phenols is 1. The van der Waals surface area contributed by atoms with Crippen LogP contribution in [0, 0.1) is 6.92 Å². The number of benzene rings is 1. The van der Waals surface area contributed by atoms with Crippen LogP contribution in [0.2, 0.25) is 0 Å². The summed E-state index contributed by atoms with van der Waals surface area (Å²) in [6.07, 6.45) is 5.72. The summed E-state index contributed by atoms with van der Waals surface area (Å²) in [5.74, 6) is 1.11. The molecule has 1 fully saturated rings. The third-order valence-corrected chi connectivity index (χ3v) is 4.46. The van der Waals surface area contributed by atoms with Crippen molar-refractivity contribution in [1.29, 1.82) is 0 Å². The van der Waals surface area contributed by atoms with Gasteiger partial charge in [-0.1, -0.05) is 25.5 Å². The van der Waals surface area contributed by atoms with Crippen molar-refractivity contribution >= 4 is 5.95 Å². The quantitative estimate of drug-likeness (QED) is 0.923. The van der Waals surface area contributed by atoms with Crippen molar-refractivity contribution < 1.29 is 5.11 Å². The van der Waals surface area contributed by atoms with E-state index in [1.165, 1.54) is 24.8 Å². The second-order valence-corrected chi connectivity index (χ2v) is 6.28. The maximum atomic E-state index is 9.83. The van der Waals surface area contributed by atoms with Crippen LogP contribution in [0.5, 0.6) is 5.75 Å². The van der Waals surface area contributed by atoms with E-state index in [0.717, 1.165) is 48.8 Å². The predicted molar refractivity (Wildman–Crippen MR) is 93.9 cm³/mol. The highest BCUT2D eigenvalue weighted by atomic mass is 16.3. The van der Waals surface area contributed by atoms with Crippen molar-refractivity contribution in [2.24, 2.45) is 0 Å². The molecule has 0 radical (unpaired) electrons. The van der Waals surface area contributed by atoms with Gasteiger partial charge in [-0.05, 0) is 50.3 Å². The van der Waals surface area contributed by atoms with Gasteiger partial charge in [0, 0.05) is 24.3 Å². The minimum Gasteiger partial charge on any atom is -0.508 e. The van der Waals surface area contributed by atoms with Gasteiger partial charge in [0.05, 0.1) is 5.69 Å². The zero-order chi connectivity index (χ0) is 16.2. The molecule has 4 heteroatoms. The second-order valence-electron chi connectivity index (χ2n) is 6.28. The molecule has 23 heavy (non-hydrogen) atoms. The Kier molecular flexibility index (Phi) is 4.79. The average Bonchev–Trinajstić information content (AvgIpc) is 2.57. The van der Waals surface area contributed by atoms with Crippen molar-refractivity contribution in [3.8, 4) is 17.0 Å². The molecule has 1 aliphatic rings. The van der Waals surface area contributed by atoms with Gasteiger partial charge in [-0.2, -0.15) is 0 Å². The third-order valence-electron chi connectivity index (χ3n) is 4.46. The van der Waals surface area contributed by atoms with E-state index in [9.17, 15) is 5.11 Å². The monoisotopic (exact) mass is 311 g/mol. The Balaban J connectivity index is 2.08. The van der Waals surface area contributed by atoms with Crippen molar-refractivity contribution in [1.82, 2.24) is 9.97 Å². The zero-order valence-electron chi connectivity index (χ0n) is 14.0. The highest BCUT2D eigenvalue weighted by Crippen LogP contribution is 2.29. The molecule has 2 heterocycles. The Morgan fingerprint density at radius 1 is 1.13 bits per heavy atom. The number of hydrogen-bond acceptors (Lipinski definition) is 4. The first-order valence-corrected chi connectivity index (χ1v) is 8.61. The SMILES string of the molecule is CCCc1c(C)nc(N2CCCCC2)nc1-c1cccc(O)c1. The summed E-state index contributed by atoms with van der Waals surface area (Å²) in [4.78, 5) is 12.0. The second kappa shape index (κ2) is 6.99. The molecule has 0 spiro atoms. The summed E-state index contributed by atoms with van der Waals surface area (Å²) < 4.78 is 0. The van der Waals surface area contributed by atoms with Crippen molar-refractivity contribution in [2.45, 2.75) is 46.0 Å². The Morgan fingerprint density at radius 2 is 1.91 bits per heavy atom. The van der Waals surface area contributed by atoms with E-state index in [1.54, 1.807) is 12.1 Å². The Morgan fingerprint density at radius 3 is 2.61 bits per heavy atom. The summed E-state index contributed by atoms with van der Waals surface area (Å²) in [5.41, 5.74) is 4.19. The summed E-state index contributed by atoms with van der Waals surface area (Å²) >= 11 is 0. The lowest BCUT2D eigenvalue weighted by Gasteiger charge is -2.28. The normalized spacial score (nSPS) is 15.0. The van der Waals surface area contributed by atoms with Crippen LogP contribution in [0.25, 0.3) is 11.3 Å². The van der Waals surface area contributed by atoms with Gasteiger partial charge in [0.1, 0.15) is 5.75 Å². The molecule has 0 amide bonds. The lowest BCUT2D eigenvalue weighted by Crippen LogP contribution is -2.31.